The van der Waals surface area contributed by atoms with Gasteiger partial charge < -0.3 is 24.4 Å². The highest BCUT2D eigenvalue weighted by atomic mass is 35.5. The first-order valence-electron chi connectivity index (χ1n) is 12.0. The lowest BCUT2D eigenvalue weighted by atomic mass is 10.1. The Hall–Kier alpha value is -3.71. The van der Waals surface area contributed by atoms with Crippen molar-refractivity contribution in [3.05, 3.63) is 88.4 Å². The molecule has 0 fully saturated rings. The molecule has 3 aromatic rings. The third kappa shape index (κ3) is 7.89. The minimum absolute atomic E-state index is 0.109. The van der Waals surface area contributed by atoms with Gasteiger partial charge in [-0.15, -0.1) is 0 Å². The predicted molar refractivity (Wildman–Crippen MR) is 144 cm³/mol. The molecule has 0 aliphatic rings. The molecule has 0 aliphatic carbocycles. The van der Waals surface area contributed by atoms with Gasteiger partial charge in [0.15, 0.2) is 11.5 Å². The van der Waals surface area contributed by atoms with E-state index in [0.717, 1.165) is 22.4 Å². The van der Waals surface area contributed by atoms with E-state index in [-0.39, 0.29) is 24.8 Å². The minimum atomic E-state index is -0.681. The SMILES string of the molecule is COc1ccc(CCNC(=O)[C@@H](C)N(Cc2ccc(Cl)cc2)C(=O)Cc2ccc(OC)c(OC)c2)cc1. The van der Waals surface area contributed by atoms with Gasteiger partial charge in [0.05, 0.1) is 27.8 Å². The molecule has 196 valence electrons. The van der Waals surface area contributed by atoms with E-state index in [9.17, 15) is 9.59 Å². The topological polar surface area (TPSA) is 77.1 Å². The number of ether oxygens (including phenoxy) is 3. The summed E-state index contributed by atoms with van der Waals surface area (Å²) in [6.07, 6.45) is 0.774. The Labute approximate surface area is 223 Å². The number of nitrogens with one attached hydrogen (secondary N) is 1. The zero-order valence-corrected chi connectivity index (χ0v) is 22.4. The molecule has 0 saturated carbocycles. The third-order valence-corrected chi connectivity index (χ3v) is 6.36. The Morgan fingerprint density at radius 1 is 0.838 bits per heavy atom. The van der Waals surface area contributed by atoms with E-state index in [0.29, 0.717) is 29.5 Å². The van der Waals surface area contributed by atoms with Crippen molar-refractivity contribution in [2.24, 2.45) is 0 Å². The molecule has 0 heterocycles. The van der Waals surface area contributed by atoms with Gasteiger partial charge in [0.2, 0.25) is 11.8 Å². The number of halogens is 1. The number of carbonyl (C=O) groups excluding carboxylic acids is 2. The average Bonchev–Trinajstić information content (AvgIpc) is 2.92. The number of hydrogen-bond acceptors (Lipinski definition) is 5. The first kappa shape index (κ1) is 27.9. The Balaban J connectivity index is 1.71. The molecule has 0 unspecified atom stereocenters. The molecule has 7 nitrogen and oxygen atoms in total. The van der Waals surface area contributed by atoms with Gasteiger partial charge in [-0.2, -0.15) is 0 Å². The fourth-order valence-electron chi connectivity index (χ4n) is 3.91. The predicted octanol–water partition coefficient (Wildman–Crippen LogP) is 4.68. The van der Waals surface area contributed by atoms with Crippen LogP contribution in [-0.2, 0) is 29.0 Å². The van der Waals surface area contributed by atoms with Crippen molar-refractivity contribution in [1.29, 1.82) is 0 Å². The first-order chi connectivity index (χ1) is 17.8. The van der Waals surface area contributed by atoms with Crippen LogP contribution in [0.2, 0.25) is 5.02 Å². The minimum Gasteiger partial charge on any atom is -0.497 e. The van der Waals surface area contributed by atoms with E-state index < -0.39 is 6.04 Å². The molecule has 2 amide bonds. The highest BCUT2D eigenvalue weighted by molar-refractivity contribution is 6.30. The van der Waals surface area contributed by atoms with Crippen LogP contribution in [0.15, 0.2) is 66.7 Å². The van der Waals surface area contributed by atoms with E-state index in [1.807, 2.05) is 42.5 Å². The fourth-order valence-corrected chi connectivity index (χ4v) is 4.03. The maximum atomic E-state index is 13.5. The summed E-state index contributed by atoms with van der Waals surface area (Å²) in [5.41, 5.74) is 2.72. The highest BCUT2D eigenvalue weighted by Crippen LogP contribution is 2.28. The Kier molecular flexibility index (Phi) is 10.2. The second-order valence-corrected chi connectivity index (χ2v) is 9.02. The van der Waals surface area contributed by atoms with Crippen molar-refractivity contribution < 1.29 is 23.8 Å². The Bertz CT molecular complexity index is 1180. The summed E-state index contributed by atoms with van der Waals surface area (Å²) < 4.78 is 15.9. The van der Waals surface area contributed by atoms with Gasteiger partial charge in [0, 0.05) is 18.1 Å². The number of amides is 2. The average molecular weight is 525 g/mol. The van der Waals surface area contributed by atoms with Crippen molar-refractivity contribution in [3.63, 3.8) is 0 Å². The van der Waals surface area contributed by atoms with Gasteiger partial charge >= 0.3 is 0 Å². The largest absolute Gasteiger partial charge is 0.497 e. The smallest absolute Gasteiger partial charge is 0.242 e. The van der Waals surface area contributed by atoms with Crippen molar-refractivity contribution in [2.45, 2.75) is 32.4 Å². The molecule has 0 bridgehead atoms. The van der Waals surface area contributed by atoms with E-state index in [2.05, 4.69) is 5.32 Å². The van der Waals surface area contributed by atoms with Crippen molar-refractivity contribution in [1.82, 2.24) is 10.2 Å². The number of methoxy groups -OCH3 is 3. The normalized spacial score (nSPS) is 11.4. The molecule has 1 atom stereocenters. The zero-order valence-electron chi connectivity index (χ0n) is 21.6. The molecule has 0 saturated heterocycles. The molecule has 0 aromatic heterocycles. The number of hydrogen-bond donors (Lipinski definition) is 1. The maximum Gasteiger partial charge on any atom is 0.242 e. The quantitative estimate of drug-likeness (QED) is 0.372. The summed E-state index contributed by atoms with van der Waals surface area (Å²) in [6, 6.07) is 19.6. The second-order valence-electron chi connectivity index (χ2n) is 8.58. The van der Waals surface area contributed by atoms with Crippen LogP contribution in [-0.4, -0.2) is 50.6 Å². The van der Waals surface area contributed by atoms with Gasteiger partial charge in [0.1, 0.15) is 11.8 Å². The summed E-state index contributed by atoms with van der Waals surface area (Å²) in [5.74, 6) is 1.51. The molecule has 0 radical (unpaired) electrons. The second kappa shape index (κ2) is 13.6. The van der Waals surface area contributed by atoms with Crippen molar-refractivity contribution in [2.75, 3.05) is 27.9 Å². The summed E-state index contributed by atoms with van der Waals surface area (Å²) in [7, 11) is 4.74. The lowest BCUT2D eigenvalue weighted by Gasteiger charge is -2.29. The molecule has 3 aromatic carbocycles. The number of benzene rings is 3. The van der Waals surface area contributed by atoms with Gasteiger partial charge in [-0.05, 0) is 66.4 Å². The van der Waals surface area contributed by atoms with E-state index in [1.165, 1.54) is 0 Å². The van der Waals surface area contributed by atoms with Gasteiger partial charge in [0.25, 0.3) is 0 Å². The molecule has 37 heavy (non-hydrogen) atoms. The van der Waals surface area contributed by atoms with Crippen LogP contribution >= 0.6 is 11.6 Å². The van der Waals surface area contributed by atoms with Crippen LogP contribution in [0, 0.1) is 0 Å². The van der Waals surface area contributed by atoms with Crippen LogP contribution in [0.25, 0.3) is 0 Å². The van der Waals surface area contributed by atoms with E-state index in [1.54, 1.807) is 57.4 Å². The van der Waals surface area contributed by atoms with Crippen LogP contribution in [0.3, 0.4) is 0 Å². The monoisotopic (exact) mass is 524 g/mol. The van der Waals surface area contributed by atoms with E-state index >= 15 is 0 Å². The first-order valence-corrected chi connectivity index (χ1v) is 12.4. The third-order valence-electron chi connectivity index (χ3n) is 6.11. The molecule has 8 heteroatoms. The summed E-state index contributed by atoms with van der Waals surface area (Å²) in [6.45, 7) is 2.47. The summed E-state index contributed by atoms with van der Waals surface area (Å²) in [5, 5.41) is 3.57. The van der Waals surface area contributed by atoms with Gasteiger partial charge in [-0.25, -0.2) is 0 Å². The van der Waals surface area contributed by atoms with Gasteiger partial charge in [-0.1, -0.05) is 41.9 Å². The number of nitrogens with zero attached hydrogens (tertiary/aromatic N) is 1. The molecule has 0 aliphatic heterocycles. The van der Waals surface area contributed by atoms with Crippen LogP contribution < -0.4 is 19.5 Å². The summed E-state index contributed by atoms with van der Waals surface area (Å²) >= 11 is 6.04. The lowest BCUT2D eigenvalue weighted by Crippen LogP contribution is -2.48. The number of carbonyl (C=O) groups is 2. The van der Waals surface area contributed by atoms with Gasteiger partial charge in [-0.3, -0.25) is 9.59 Å². The molecular formula is C29H33ClN2O5. The fraction of sp³-hybridized carbons (Fsp3) is 0.310. The van der Waals surface area contributed by atoms with Crippen molar-refractivity contribution >= 4 is 23.4 Å². The van der Waals surface area contributed by atoms with Crippen molar-refractivity contribution in [3.8, 4) is 17.2 Å². The van der Waals surface area contributed by atoms with E-state index in [4.69, 9.17) is 25.8 Å². The van der Waals surface area contributed by atoms with Crippen LogP contribution in [0.4, 0.5) is 0 Å². The standard InChI is InChI=1S/C29H33ClN2O5/c1-20(29(34)31-16-15-21-7-12-25(35-2)13-8-21)32(19-22-5-10-24(30)11-6-22)28(33)18-23-9-14-26(36-3)27(17-23)37-4/h5-14,17,20H,15-16,18-19H2,1-4H3,(H,31,34)/t20-/m1/s1. The molecule has 0 spiro atoms. The Morgan fingerprint density at radius 2 is 1.46 bits per heavy atom. The van der Waals surface area contributed by atoms with Crippen LogP contribution in [0.5, 0.6) is 17.2 Å². The molecule has 1 N–H and O–H groups in total. The maximum absolute atomic E-state index is 13.5. The number of rotatable bonds is 12. The Morgan fingerprint density at radius 3 is 2.08 bits per heavy atom. The zero-order chi connectivity index (χ0) is 26.8. The lowest BCUT2D eigenvalue weighted by molar-refractivity contribution is -0.140. The molecule has 3 rings (SSSR count). The summed E-state index contributed by atoms with van der Waals surface area (Å²) in [4.78, 5) is 28.1. The molecular weight excluding hydrogens is 492 g/mol. The highest BCUT2D eigenvalue weighted by Gasteiger charge is 2.26. The van der Waals surface area contributed by atoms with Crippen LogP contribution in [0.1, 0.15) is 23.6 Å².